The summed E-state index contributed by atoms with van der Waals surface area (Å²) in [5, 5.41) is 10.3. The third kappa shape index (κ3) is 2.41. The SMILES string of the molecule is OC(Cc1ccc(Br)cn1)C1C2CCCCC21. The third-order valence-electron chi connectivity index (χ3n) is 4.37. The van der Waals surface area contributed by atoms with E-state index in [1.54, 1.807) is 0 Å². The molecule has 0 amide bonds. The summed E-state index contributed by atoms with van der Waals surface area (Å²) in [4.78, 5) is 4.34. The van der Waals surface area contributed by atoms with Gasteiger partial charge in [0.25, 0.3) is 0 Å². The van der Waals surface area contributed by atoms with Crippen molar-refractivity contribution in [2.75, 3.05) is 0 Å². The van der Waals surface area contributed by atoms with E-state index in [1.807, 2.05) is 18.3 Å². The minimum absolute atomic E-state index is 0.184. The Morgan fingerprint density at radius 1 is 1.29 bits per heavy atom. The molecule has 1 aromatic heterocycles. The highest BCUT2D eigenvalue weighted by Crippen LogP contribution is 2.57. The van der Waals surface area contributed by atoms with Gasteiger partial charge in [0.2, 0.25) is 0 Å². The number of pyridine rings is 1. The molecule has 0 aliphatic heterocycles. The van der Waals surface area contributed by atoms with Gasteiger partial charge in [0, 0.05) is 22.8 Å². The smallest absolute Gasteiger partial charge is 0.0629 e. The molecule has 17 heavy (non-hydrogen) atoms. The fourth-order valence-corrected chi connectivity index (χ4v) is 3.73. The topological polar surface area (TPSA) is 33.1 Å². The number of hydrogen-bond acceptors (Lipinski definition) is 2. The summed E-state index contributed by atoms with van der Waals surface area (Å²) in [6.45, 7) is 0. The van der Waals surface area contributed by atoms with E-state index in [-0.39, 0.29) is 6.10 Å². The Hall–Kier alpha value is -0.410. The number of nitrogens with zero attached hydrogens (tertiary/aromatic N) is 1. The van der Waals surface area contributed by atoms with Crippen molar-refractivity contribution in [2.24, 2.45) is 17.8 Å². The average molecular weight is 296 g/mol. The molecule has 2 nitrogen and oxygen atoms in total. The molecule has 92 valence electrons. The van der Waals surface area contributed by atoms with Crippen LogP contribution in [0.1, 0.15) is 31.4 Å². The molecule has 0 bridgehead atoms. The molecule has 2 aliphatic rings. The Morgan fingerprint density at radius 2 is 2.00 bits per heavy atom. The molecule has 1 aromatic rings. The summed E-state index contributed by atoms with van der Waals surface area (Å²) in [5.41, 5.74) is 1.00. The lowest BCUT2D eigenvalue weighted by molar-refractivity contribution is 0.139. The van der Waals surface area contributed by atoms with Gasteiger partial charge in [-0.1, -0.05) is 12.8 Å². The number of fused-ring (bicyclic) bond motifs is 1. The molecule has 0 radical (unpaired) electrons. The van der Waals surface area contributed by atoms with Crippen molar-refractivity contribution in [3.8, 4) is 0 Å². The van der Waals surface area contributed by atoms with E-state index < -0.39 is 0 Å². The minimum atomic E-state index is -0.184. The van der Waals surface area contributed by atoms with Crippen molar-refractivity contribution in [3.05, 3.63) is 28.5 Å². The first kappa shape index (κ1) is 11.7. The van der Waals surface area contributed by atoms with Gasteiger partial charge in [-0.05, 0) is 58.7 Å². The fraction of sp³-hybridized carbons (Fsp3) is 0.643. The molecule has 3 heteroatoms. The Morgan fingerprint density at radius 3 is 2.59 bits per heavy atom. The lowest BCUT2D eigenvalue weighted by Crippen LogP contribution is -2.15. The second-order valence-corrected chi connectivity index (χ2v) is 6.34. The average Bonchev–Trinajstić information content (AvgIpc) is 3.06. The second kappa shape index (κ2) is 4.69. The highest BCUT2D eigenvalue weighted by Gasteiger charge is 2.53. The lowest BCUT2D eigenvalue weighted by Gasteiger charge is -2.09. The Balaban J connectivity index is 1.60. The molecule has 2 fully saturated rings. The summed E-state index contributed by atoms with van der Waals surface area (Å²) in [7, 11) is 0. The normalized spacial score (nSPS) is 32.9. The molecule has 3 unspecified atom stereocenters. The van der Waals surface area contributed by atoms with Gasteiger partial charge in [-0.2, -0.15) is 0 Å². The van der Waals surface area contributed by atoms with Crippen LogP contribution in [0.3, 0.4) is 0 Å². The molecule has 2 aliphatic carbocycles. The van der Waals surface area contributed by atoms with E-state index in [0.717, 1.165) is 22.0 Å². The maximum Gasteiger partial charge on any atom is 0.0629 e. The van der Waals surface area contributed by atoms with E-state index in [2.05, 4.69) is 20.9 Å². The highest BCUT2D eigenvalue weighted by molar-refractivity contribution is 9.10. The molecule has 0 saturated heterocycles. The van der Waals surface area contributed by atoms with Crippen LogP contribution in [0.5, 0.6) is 0 Å². The molecule has 3 rings (SSSR count). The van der Waals surface area contributed by atoms with Crippen molar-refractivity contribution < 1.29 is 5.11 Å². The molecule has 2 saturated carbocycles. The van der Waals surface area contributed by atoms with E-state index in [4.69, 9.17) is 0 Å². The van der Waals surface area contributed by atoms with Crippen LogP contribution < -0.4 is 0 Å². The van der Waals surface area contributed by atoms with Gasteiger partial charge in [-0.3, -0.25) is 4.98 Å². The van der Waals surface area contributed by atoms with Crippen LogP contribution in [0.25, 0.3) is 0 Å². The van der Waals surface area contributed by atoms with Crippen LogP contribution in [0.15, 0.2) is 22.8 Å². The summed E-state index contributed by atoms with van der Waals surface area (Å²) in [6.07, 6.45) is 7.73. The first-order chi connectivity index (χ1) is 8.25. The van der Waals surface area contributed by atoms with Crippen LogP contribution >= 0.6 is 15.9 Å². The van der Waals surface area contributed by atoms with Gasteiger partial charge in [0.1, 0.15) is 0 Å². The minimum Gasteiger partial charge on any atom is -0.392 e. The monoisotopic (exact) mass is 295 g/mol. The van der Waals surface area contributed by atoms with Gasteiger partial charge in [0.05, 0.1) is 6.10 Å². The van der Waals surface area contributed by atoms with Gasteiger partial charge in [-0.15, -0.1) is 0 Å². The van der Waals surface area contributed by atoms with Crippen LogP contribution in [-0.2, 0) is 6.42 Å². The van der Waals surface area contributed by atoms with Crippen molar-refractivity contribution >= 4 is 15.9 Å². The largest absolute Gasteiger partial charge is 0.392 e. The summed E-state index contributed by atoms with van der Waals surface area (Å²) < 4.78 is 0.996. The first-order valence-corrected chi connectivity index (χ1v) is 7.33. The van der Waals surface area contributed by atoms with Gasteiger partial charge in [0.15, 0.2) is 0 Å². The van der Waals surface area contributed by atoms with Crippen LogP contribution in [0.4, 0.5) is 0 Å². The van der Waals surface area contributed by atoms with Gasteiger partial charge >= 0.3 is 0 Å². The second-order valence-electron chi connectivity index (χ2n) is 5.43. The fourth-order valence-electron chi connectivity index (χ4n) is 3.50. The van der Waals surface area contributed by atoms with Gasteiger partial charge in [-0.25, -0.2) is 0 Å². The van der Waals surface area contributed by atoms with Crippen molar-refractivity contribution in [3.63, 3.8) is 0 Å². The molecular weight excluding hydrogens is 278 g/mol. The molecule has 0 spiro atoms. The number of aromatic nitrogens is 1. The molecule has 3 atom stereocenters. The maximum absolute atomic E-state index is 10.3. The zero-order valence-electron chi connectivity index (χ0n) is 9.85. The number of rotatable bonds is 3. The third-order valence-corrected chi connectivity index (χ3v) is 4.84. The number of aliphatic hydroxyl groups is 1. The van der Waals surface area contributed by atoms with Gasteiger partial charge < -0.3 is 5.11 Å². The lowest BCUT2D eigenvalue weighted by atomic mass is 10.0. The molecule has 1 N–H and O–H groups in total. The van der Waals surface area contributed by atoms with Crippen LogP contribution in [-0.4, -0.2) is 16.2 Å². The predicted molar refractivity (Wildman–Crippen MR) is 70.6 cm³/mol. The summed E-state index contributed by atoms with van der Waals surface area (Å²) in [6, 6.07) is 3.99. The number of halogens is 1. The van der Waals surface area contributed by atoms with E-state index in [9.17, 15) is 5.11 Å². The van der Waals surface area contributed by atoms with E-state index >= 15 is 0 Å². The van der Waals surface area contributed by atoms with Crippen molar-refractivity contribution in [2.45, 2.75) is 38.2 Å². The molecule has 0 aromatic carbocycles. The Bertz CT molecular complexity index is 380. The maximum atomic E-state index is 10.3. The van der Waals surface area contributed by atoms with Crippen molar-refractivity contribution in [1.82, 2.24) is 4.98 Å². The Labute approximate surface area is 111 Å². The Kier molecular flexibility index (Phi) is 3.22. The zero-order valence-corrected chi connectivity index (χ0v) is 11.4. The predicted octanol–water partition coefficient (Wildman–Crippen LogP) is 3.18. The van der Waals surface area contributed by atoms with E-state index in [0.29, 0.717) is 12.3 Å². The number of aliphatic hydroxyl groups excluding tert-OH is 1. The van der Waals surface area contributed by atoms with Crippen molar-refractivity contribution in [1.29, 1.82) is 0 Å². The summed E-state index contributed by atoms with van der Waals surface area (Å²) >= 11 is 3.38. The molecule has 1 heterocycles. The van der Waals surface area contributed by atoms with Crippen LogP contribution in [0, 0.1) is 17.8 Å². The highest BCUT2D eigenvalue weighted by atomic mass is 79.9. The molecular formula is C14H18BrNO. The first-order valence-electron chi connectivity index (χ1n) is 6.54. The number of hydrogen-bond donors (Lipinski definition) is 1. The standard InChI is InChI=1S/C14H18BrNO/c15-9-5-6-10(16-8-9)7-13(17)14-11-3-1-2-4-12(11)14/h5-6,8,11-14,17H,1-4,7H2. The quantitative estimate of drug-likeness (QED) is 0.929. The summed E-state index contributed by atoms with van der Waals surface area (Å²) in [5.74, 6) is 2.19. The van der Waals surface area contributed by atoms with Crippen LogP contribution in [0.2, 0.25) is 0 Å². The zero-order chi connectivity index (χ0) is 11.8. The van der Waals surface area contributed by atoms with E-state index in [1.165, 1.54) is 25.7 Å².